The van der Waals surface area contributed by atoms with Gasteiger partial charge in [-0.1, -0.05) is 55.2 Å². The fourth-order valence-electron chi connectivity index (χ4n) is 3.08. The van der Waals surface area contributed by atoms with Crippen molar-refractivity contribution in [2.24, 2.45) is 5.92 Å². The third-order valence-corrected chi connectivity index (χ3v) is 6.40. The first-order chi connectivity index (χ1) is 15.5. The number of allylic oxidation sites excluding steroid dienone is 5. The van der Waals surface area contributed by atoms with Crippen molar-refractivity contribution >= 4 is 29.5 Å². The summed E-state index contributed by atoms with van der Waals surface area (Å²) in [4.78, 5) is 35.6. The Morgan fingerprint density at radius 2 is 1.48 bits per heavy atom. The normalized spacial score (nSPS) is 14.8. The number of thioether (sulfide) groups is 1. The van der Waals surface area contributed by atoms with Crippen LogP contribution in [0.25, 0.3) is 0 Å². The Morgan fingerprint density at radius 1 is 0.909 bits per heavy atom. The van der Waals surface area contributed by atoms with E-state index in [4.69, 9.17) is 0 Å². The van der Waals surface area contributed by atoms with E-state index in [-0.39, 0.29) is 17.6 Å². The van der Waals surface area contributed by atoms with E-state index < -0.39 is 24.0 Å². The minimum absolute atomic E-state index is 0.0912. The standard InChI is InChI=1S/C26H44N2O4S/c1-8-21(6)24(27-22(7)29)25(30)28-23(26(31)32)17-33-16-15-20(5)14-10-13-19(4)12-9-11-18(2)3/h11,13,15,21,23-24H,8-10,12,14,16-17H2,1-7H3,(H,27,29)(H,28,30)(H,31,32)/t21-,23-,24-/m0/s1. The van der Waals surface area contributed by atoms with Crippen LogP contribution in [-0.4, -0.2) is 46.5 Å². The first-order valence-electron chi connectivity index (χ1n) is 11.8. The summed E-state index contributed by atoms with van der Waals surface area (Å²) in [6.07, 6.45) is 11.5. The van der Waals surface area contributed by atoms with Crippen molar-refractivity contribution in [1.29, 1.82) is 0 Å². The monoisotopic (exact) mass is 480 g/mol. The van der Waals surface area contributed by atoms with Crippen molar-refractivity contribution in [3.8, 4) is 0 Å². The predicted octanol–water partition coefficient (Wildman–Crippen LogP) is 5.26. The van der Waals surface area contributed by atoms with Crippen molar-refractivity contribution in [1.82, 2.24) is 10.6 Å². The highest BCUT2D eigenvalue weighted by molar-refractivity contribution is 7.99. The minimum Gasteiger partial charge on any atom is -0.480 e. The van der Waals surface area contributed by atoms with E-state index in [1.165, 1.54) is 35.4 Å². The zero-order valence-corrected chi connectivity index (χ0v) is 22.3. The Hall–Kier alpha value is -2.02. The first kappa shape index (κ1) is 31.0. The van der Waals surface area contributed by atoms with Gasteiger partial charge in [0.05, 0.1) is 0 Å². The van der Waals surface area contributed by atoms with Gasteiger partial charge in [-0.05, 0) is 59.3 Å². The third-order valence-electron chi connectivity index (χ3n) is 5.43. The van der Waals surface area contributed by atoms with Gasteiger partial charge in [-0.15, -0.1) is 0 Å². The number of aliphatic carboxylic acids is 1. The van der Waals surface area contributed by atoms with Gasteiger partial charge < -0.3 is 15.7 Å². The number of nitrogens with one attached hydrogen (secondary N) is 2. The van der Waals surface area contributed by atoms with Crippen LogP contribution in [0.1, 0.15) is 80.6 Å². The molecule has 2 amide bonds. The van der Waals surface area contributed by atoms with Crippen LogP contribution in [0, 0.1) is 5.92 Å². The molecule has 0 bridgehead atoms. The lowest BCUT2D eigenvalue weighted by Gasteiger charge is -2.24. The zero-order chi connectivity index (χ0) is 25.4. The van der Waals surface area contributed by atoms with Crippen LogP contribution >= 0.6 is 11.8 Å². The van der Waals surface area contributed by atoms with Gasteiger partial charge in [0.15, 0.2) is 0 Å². The second-order valence-electron chi connectivity index (χ2n) is 8.96. The van der Waals surface area contributed by atoms with Crippen molar-refractivity contribution in [2.45, 2.75) is 92.7 Å². The Kier molecular flexibility index (Phi) is 16.4. The maximum Gasteiger partial charge on any atom is 0.327 e. The number of hydrogen-bond donors (Lipinski definition) is 3. The summed E-state index contributed by atoms with van der Waals surface area (Å²) in [5.41, 5.74) is 4.03. The average Bonchev–Trinajstić information content (AvgIpc) is 2.72. The molecule has 0 saturated heterocycles. The van der Waals surface area contributed by atoms with Crippen molar-refractivity contribution < 1.29 is 19.5 Å². The summed E-state index contributed by atoms with van der Waals surface area (Å²) in [6, 6.07) is -1.73. The van der Waals surface area contributed by atoms with E-state index >= 15 is 0 Å². The molecule has 188 valence electrons. The lowest BCUT2D eigenvalue weighted by Crippen LogP contribution is -2.54. The van der Waals surface area contributed by atoms with E-state index in [9.17, 15) is 19.5 Å². The second kappa shape index (κ2) is 17.5. The quantitative estimate of drug-likeness (QED) is 0.207. The Labute approximate surface area is 204 Å². The molecule has 3 N–H and O–H groups in total. The highest BCUT2D eigenvalue weighted by Gasteiger charge is 2.28. The molecule has 0 aliphatic heterocycles. The molecule has 0 spiro atoms. The lowest BCUT2D eigenvalue weighted by molar-refractivity contribution is -0.141. The molecule has 33 heavy (non-hydrogen) atoms. The van der Waals surface area contributed by atoms with Crippen LogP contribution in [0.2, 0.25) is 0 Å². The molecule has 7 heteroatoms. The maximum absolute atomic E-state index is 12.6. The topological polar surface area (TPSA) is 95.5 Å². The average molecular weight is 481 g/mol. The molecular weight excluding hydrogens is 436 g/mol. The van der Waals surface area contributed by atoms with Crippen molar-refractivity contribution in [3.63, 3.8) is 0 Å². The number of hydrogen-bond acceptors (Lipinski definition) is 4. The molecule has 0 unspecified atom stereocenters. The smallest absolute Gasteiger partial charge is 0.327 e. The highest BCUT2D eigenvalue weighted by Crippen LogP contribution is 2.14. The van der Waals surface area contributed by atoms with E-state index in [1.807, 2.05) is 13.8 Å². The van der Waals surface area contributed by atoms with Crippen LogP contribution in [0.5, 0.6) is 0 Å². The predicted molar refractivity (Wildman–Crippen MR) is 139 cm³/mol. The van der Waals surface area contributed by atoms with Gasteiger partial charge in [0, 0.05) is 18.4 Å². The number of amides is 2. The number of carboxylic acid groups (broad SMARTS) is 1. The summed E-state index contributed by atoms with van der Waals surface area (Å²) < 4.78 is 0. The number of carbonyl (C=O) groups excluding carboxylic acids is 2. The molecule has 0 aromatic carbocycles. The van der Waals surface area contributed by atoms with Crippen molar-refractivity contribution in [3.05, 3.63) is 34.9 Å². The molecular formula is C26H44N2O4S. The largest absolute Gasteiger partial charge is 0.480 e. The van der Waals surface area contributed by atoms with E-state index in [1.54, 1.807) is 0 Å². The molecule has 0 saturated carbocycles. The summed E-state index contributed by atoms with van der Waals surface area (Å²) in [7, 11) is 0. The van der Waals surface area contributed by atoms with Crippen molar-refractivity contribution in [2.75, 3.05) is 11.5 Å². The van der Waals surface area contributed by atoms with Crippen LogP contribution in [0.15, 0.2) is 34.9 Å². The minimum atomic E-state index is -1.07. The van der Waals surface area contributed by atoms with Gasteiger partial charge in [-0.3, -0.25) is 9.59 Å². The van der Waals surface area contributed by atoms with E-state index in [2.05, 4.69) is 56.6 Å². The highest BCUT2D eigenvalue weighted by atomic mass is 32.2. The Balaban J connectivity index is 4.58. The maximum atomic E-state index is 12.6. The van der Waals surface area contributed by atoms with E-state index in [0.29, 0.717) is 12.2 Å². The van der Waals surface area contributed by atoms with Crippen LogP contribution in [0.3, 0.4) is 0 Å². The van der Waals surface area contributed by atoms with Crippen LogP contribution in [-0.2, 0) is 14.4 Å². The molecule has 0 aromatic heterocycles. The summed E-state index contributed by atoms with van der Waals surface area (Å²) in [5.74, 6) is -0.972. The SMILES string of the molecule is CC[C@H](C)[C@H](NC(C)=O)C(=O)N[C@@H](CSCC=C(C)CCC=C(C)CCC=C(C)C)C(=O)O. The number of carbonyl (C=O) groups is 3. The van der Waals surface area contributed by atoms with Gasteiger partial charge in [-0.2, -0.15) is 11.8 Å². The van der Waals surface area contributed by atoms with Gasteiger partial charge in [0.1, 0.15) is 12.1 Å². The van der Waals surface area contributed by atoms with E-state index in [0.717, 1.165) is 25.7 Å². The van der Waals surface area contributed by atoms with Gasteiger partial charge >= 0.3 is 5.97 Å². The fraction of sp³-hybridized carbons (Fsp3) is 0.654. The second-order valence-corrected chi connectivity index (χ2v) is 10.0. The molecule has 6 nitrogen and oxygen atoms in total. The Bertz CT molecular complexity index is 724. The lowest BCUT2D eigenvalue weighted by atomic mass is 9.98. The molecule has 0 fully saturated rings. The molecule has 3 atom stereocenters. The molecule has 0 rings (SSSR count). The first-order valence-corrected chi connectivity index (χ1v) is 13.0. The fourth-order valence-corrected chi connectivity index (χ4v) is 4.08. The summed E-state index contributed by atoms with van der Waals surface area (Å²) in [5, 5.41) is 14.7. The van der Waals surface area contributed by atoms with Gasteiger partial charge in [0.2, 0.25) is 11.8 Å². The molecule has 0 aromatic rings. The molecule has 0 aliphatic carbocycles. The molecule has 0 aliphatic rings. The van der Waals surface area contributed by atoms with Gasteiger partial charge in [-0.25, -0.2) is 4.79 Å². The van der Waals surface area contributed by atoms with Crippen LogP contribution in [0.4, 0.5) is 0 Å². The summed E-state index contributed by atoms with van der Waals surface area (Å²) >= 11 is 1.47. The van der Waals surface area contributed by atoms with Crippen LogP contribution < -0.4 is 10.6 Å². The Morgan fingerprint density at radius 3 is 2.00 bits per heavy atom. The molecule has 0 heterocycles. The number of rotatable bonds is 16. The van der Waals surface area contributed by atoms with Gasteiger partial charge in [0.25, 0.3) is 0 Å². The summed E-state index contributed by atoms with van der Waals surface area (Å²) in [6.45, 7) is 13.6. The number of carboxylic acids is 1. The molecule has 0 radical (unpaired) electrons. The zero-order valence-electron chi connectivity index (χ0n) is 21.5. The third kappa shape index (κ3) is 15.4.